The van der Waals surface area contributed by atoms with Crippen LogP contribution in [-0.4, -0.2) is 36.4 Å². The van der Waals surface area contributed by atoms with E-state index in [1.165, 1.54) is 11.3 Å². The number of nitrogens with one attached hydrogen (secondary N) is 1. The van der Waals surface area contributed by atoms with Crippen LogP contribution < -0.4 is 19.5 Å². The van der Waals surface area contributed by atoms with E-state index in [2.05, 4.69) is 15.5 Å². The first-order chi connectivity index (χ1) is 14.2. The van der Waals surface area contributed by atoms with Crippen LogP contribution in [-0.2, 0) is 11.2 Å². The molecule has 0 fully saturated rings. The van der Waals surface area contributed by atoms with Crippen molar-refractivity contribution in [2.24, 2.45) is 0 Å². The molecule has 3 aromatic rings. The van der Waals surface area contributed by atoms with Gasteiger partial charge in [0.25, 0.3) is 0 Å². The number of carbonyl (C=O) groups excluding carboxylic acids is 1. The Balaban J connectivity index is 1.32. The number of ether oxygens (including phenoxy) is 3. The van der Waals surface area contributed by atoms with Gasteiger partial charge in [0.15, 0.2) is 0 Å². The van der Waals surface area contributed by atoms with Crippen molar-refractivity contribution in [1.29, 1.82) is 0 Å². The predicted octanol–water partition coefficient (Wildman–Crippen LogP) is 3.97. The van der Waals surface area contributed by atoms with Crippen molar-refractivity contribution >= 4 is 22.4 Å². The molecule has 0 atom stereocenters. The maximum Gasteiger partial charge on any atom is 0.226 e. The van der Waals surface area contributed by atoms with Gasteiger partial charge in [0.05, 0.1) is 20.3 Å². The summed E-state index contributed by atoms with van der Waals surface area (Å²) in [5.41, 5.74) is 0. The Morgan fingerprint density at radius 1 is 0.931 bits per heavy atom. The zero-order valence-electron chi connectivity index (χ0n) is 16.2. The largest absolute Gasteiger partial charge is 0.497 e. The Hall–Kier alpha value is -3.13. The number of nitrogens with zero attached hydrogens (tertiary/aromatic N) is 2. The fraction of sp³-hybridized carbons (Fsp3) is 0.286. The van der Waals surface area contributed by atoms with Gasteiger partial charge in [0.1, 0.15) is 22.3 Å². The summed E-state index contributed by atoms with van der Waals surface area (Å²) in [6, 6.07) is 16.9. The van der Waals surface area contributed by atoms with Crippen LogP contribution in [0.2, 0.25) is 0 Å². The molecule has 8 heteroatoms. The van der Waals surface area contributed by atoms with Crippen molar-refractivity contribution in [3.63, 3.8) is 0 Å². The molecule has 1 heterocycles. The summed E-state index contributed by atoms with van der Waals surface area (Å²) >= 11 is 1.36. The lowest BCUT2D eigenvalue weighted by molar-refractivity contribution is -0.116. The summed E-state index contributed by atoms with van der Waals surface area (Å²) in [7, 11) is 1.62. The van der Waals surface area contributed by atoms with E-state index in [9.17, 15) is 4.79 Å². The van der Waals surface area contributed by atoms with Crippen LogP contribution in [0.3, 0.4) is 0 Å². The van der Waals surface area contributed by atoms with Crippen molar-refractivity contribution in [2.75, 3.05) is 25.6 Å². The zero-order valence-corrected chi connectivity index (χ0v) is 17.0. The fourth-order valence-electron chi connectivity index (χ4n) is 2.45. The number of anilines is 1. The number of carbonyl (C=O) groups is 1. The summed E-state index contributed by atoms with van der Waals surface area (Å²) < 4.78 is 16.4. The molecule has 0 spiro atoms. The summed E-state index contributed by atoms with van der Waals surface area (Å²) in [5, 5.41) is 12.2. The minimum Gasteiger partial charge on any atom is -0.497 e. The van der Waals surface area contributed by atoms with Crippen LogP contribution >= 0.6 is 11.3 Å². The average molecular weight is 413 g/mol. The molecule has 3 rings (SSSR count). The smallest absolute Gasteiger partial charge is 0.226 e. The summed E-state index contributed by atoms with van der Waals surface area (Å²) in [6.07, 6.45) is 1.59. The van der Waals surface area contributed by atoms with Crippen molar-refractivity contribution in [1.82, 2.24) is 10.2 Å². The Bertz CT molecular complexity index is 884. The lowest BCUT2D eigenvalue weighted by Crippen LogP contribution is -2.12. The molecule has 0 aliphatic carbocycles. The van der Waals surface area contributed by atoms with E-state index >= 15 is 0 Å². The van der Waals surface area contributed by atoms with Gasteiger partial charge in [0.2, 0.25) is 11.0 Å². The van der Waals surface area contributed by atoms with Crippen LogP contribution in [0.15, 0.2) is 54.6 Å². The Morgan fingerprint density at radius 2 is 1.62 bits per heavy atom. The van der Waals surface area contributed by atoms with E-state index in [0.29, 0.717) is 37.6 Å². The minimum absolute atomic E-state index is 0.105. The number of hydrogen-bond donors (Lipinski definition) is 1. The quantitative estimate of drug-likeness (QED) is 0.479. The Kier molecular flexibility index (Phi) is 7.82. The highest BCUT2D eigenvalue weighted by atomic mass is 32.1. The van der Waals surface area contributed by atoms with E-state index in [-0.39, 0.29) is 5.91 Å². The van der Waals surface area contributed by atoms with Crippen LogP contribution in [0, 0.1) is 0 Å². The van der Waals surface area contributed by atoms with E-state index in [1.807, 2.05) is 54.6 Å². The van der Waals surface area contributed by atoms with Gasteiger partial charge in [-0.25, -0.2) is 0 Å². The molecule has 0 unspecified atom stereocenters. The normalized spacial score (nSPS) is 10.4. The first-order valence-electron chi connectivity index (χ1n) is 9.30. The van der Waals surface area contributed by atoms with Gasteiger partial charge in [-0.05, 0) is 42.8 Å². The van der Waals surface area contributed by atoms with Crippen LogP contribution in [0.5, 0.6) is 17.2 Å². The second kappa shape index (κ2) is 11.0. The van der Waals surface area contributed by atoms with Crippen molar-refractivity contribution in [2.45, 2.75) is 19.3 Å². The lowest BCUT2D eigenvalue weighted by atomic mass is 10.3. The van der Waals surface area contributed by atoms with Gasteiger partial charge in [-0.15, -0.1) is 10.2 Å². The van der Waals surface area contributed by atoms with Crippen molar-refractivity contribution in [3.05, 3.63) is 59.6 Å². The highest BCUT2D eigenvalue weighted by molar-refractivity contribution is 7.15. The molecule has 0 saturated heterocycles. The molecular weight excluding hydrogens is 390 g/mol. The topological polar surface area (TPSA) is 82.6 Å². The average Bonchev–Trinajstić information content (AvgIpc) is 3.19. The van der Waals surface area contributed by atoms with Gasteiger partial charge >= 0.3 is 0 Å². The first kappa shape index (κ1) is 20.6. The van der Waals surface area contributed by atoms with Crippen LogP contribution in [0.1, 0.15) is 17.8 Å². The Labute approximate surface area is 173 Å². The summed E-state index contributed by atoms with van der Waals surface area (Å²) in [5.74, 6) is 2.24. The molecule has 0 aliphatic rings. The first-order valence-corrected chi connectivity index (χ1v) is 10.1. The molecule has 0 aliphatic heterocycles. The number of benzene rings is 2. The molecule has 29 heavy (non-hydrogen) atoms. The van der Waals surface area contributed by atoms with Crippen molar-refractivity contribution < 1.29 is 19.0 Å². The van der Waals surface area contributed by atoms with Crippen LogP contribution in [0.25, 0.3) is 0 Å². The third kappa shape index (κ3) is 7.08. The summed E-state index contributed by atoms with van der Waals surface area (Å²) in [4.78, 5) is 12.0. The molecule has 1 aromatic heterocycles. The number of para-hydroxylation sites is 1. The molecule has 7 nitrogen and oxygen atoms in total. The minimum atomic E-state index is -0.105. The monoisotopic (exact) mass is 413 g/mol. The van der Waals surface area contributed by atoms with E-state index in [4.69, 9.17) is 14.2 Å². The second-order valence-electron chi connectivity index (χ2n) is 6.09. The van der Waals surface area contributed by atoms with Gasteiger partial charge in [-0.1, -0.05) is 29.5 Å². The molecule has 0 bridgehead atoms. The molecule has 0 radical (unpaired) electrons. The van der Waals surface area contributed by atoms with E-state index in [0.717, 1.165) is 22.3 Å². The third-order valence-electron chi connectivity index (χ3n) is 3.92. The van der Waals surface area contributed by atoms with Gasteiger partial charge in [-0.3, -0.25) is 4.79 Å². The molecule has 152 valence electrons. The van der Waals surface area contributed by atoms with E-state index < -0.39 is 0 Å². The number of hydrogen-bond acceptors (Lipinski definition) is 7. The van der Waals surface area contributed by atoms with Gasteiger partial charge in [-0.2, -0.15) is 0 Å². The number of methoxy groups -OCH3 is 1. The fourth-order valence-corrected chi connectivity index (χ4v) is 3.19. The molecule has 1 N–H and O–H groups in total. The zero-order chi connectivity index (χ0) is 20.3. The van der Waals surface area contributed by atoms with Gasteiger partial charge in [0, 0.05) is 12.8 Å². The molecular formula is C21H23N3O4S. The number of amides is 1. The number of aromatic nitrogens is 2. The summed E-state index contributed by atoms with van der Waals surface area (Å²) in [6.45, 7) is 0.966. The molecule has 0 saturated carbocycles. The SMILES string of the molecule is COc1ccc(OCCCC(=O)Nc2nnc(CCOc3ccccc3)s2)cc1. The highest BCUT2D eigenvalue weighted by Gasteiger charge is 2.08. The van der Waals surface area contributed by atoms with Gasteiger partial charge < -0.3 is 19.5 Å². The standard InChI is InChI=1S/C21H23N3O4S/c1-26-16-9-11-18(12-10-16)27-14-5-8-19(25)22-21-24-23-20(29-21)13-15-28-17-6-3-2-4-7-17/h2-4,6-7,9-12H,5,8,13-15H2,1H3,(H,22,24,25). The molecule has 1 amide bonds. The highest BCUT2D eigenvalue weighted by Crippen LogP contribution is 2.18. The second-order valence-corrected chi connectivity index (χ2v) is 7.15. The van der Waals surface area contributed by atoms with E-state index in [1.54, 1.807) is 7.11 Å². The maximum absolute atomic E-state index is 12.0. The predicted molar refractivity (Wildman–Crippen MR) is 112 cm³/mol. The Morgan fingerprint density at radius 3 is 2.38 bits per heavy atom. The van der Waals surface area contributed by atoms with Crippen molar-refractivity contribution in [3.8, 4) is 17.2 Å². The lowest BCUT2D eigenvalue weighted by Gasteiger charge is -2.06. The maximum atomic E-state index is 12.0. The third-order valence-corrected chi connectivity index (χ3v) is 4.82. The molecule has 2 aromatic carbocycles. The van der Waals surface area contributed by atoms with Crippen LogP contribution in [0.4, 0.5) is 5.13 Å². The number of rotatable bonds is 11.